The number of aliphatic carboxylic acids is 2. The molecule has 1 aromatic rings. The maximum absolute atomic E-state index is 13.2. The molecule has 1 aromatic carbocycles. The fourth-order valence-corrected chi connectivity index (χ4v) is 2.66. The van der Waals surface area contributed by atoms with E-state index in [1.165, 1.54) is 6.07 Å². The Morgan fingerprint density at radius 1 is 1.11 bits per heavy atom. The minimum atomic E-state index is -2.27. The van der Waals surface area contributed by atoms with E-state index in [1.54, 1.807) is 0 Å². The van der Waals surface area contributed by atoms with Crippen LogP contribution >= 0.6 is 0 Å². The first-order valence-corrected chi connectivity index (χ1v) is 7.54. The third kappa shape index (κ3) is 5.65. The lowest BCUT2D eigenvalue weighted by Gasteiger charge is -2.39. The van der Waals surface area contributed by atoms with Crippen LogP contribution < -0.4 is 5.73 Å². The van der Waals surface area contributed by atoms with E-state index in [0.717, 1.165) is 6.07 Å². The van der Waals surface area contributed by atoms with E-state index in [2.05, 4.69) is 0 Å². The third-order valence-corrected chi connectivity index (χ3v) is 4.12. The number of benzene rings is 1. The molecular weight excluding hydrogens is 372 g/mol. The summed E-state index contributed by atoms with van der Waals surface area (Å²) in [6, 6.07) is 1.65. The number of rotatable bonds is 3. The number of fused-ring (bicyclic) bond motifs is 1. The Kier molecular flexibility index (Phi) is 8.41. The molecule has 1 aliphatic carbocycles. The zero-order valence-corrected chi connectivity index (χ0v) is 14.6. The Hall–Kier alpha value is -2.18. The number of halogens is 2. The molecular formula is C16H23F2NO8. The zero-order valence-electron chi connectivity index (χ0n) is 14.6. The lowest BCUT2D eigenvalue weighted by atomic mass is 9.70. The summed E-state index contributed by atoms with van der Waals surface area (Å²) in [6.07, 6.45) is -4.80. The van der Waals surface area contributed by atoms with E-state index in [0.29, 0.717) is 17.5 Å². The van der Waals surface area contributed by atoms with Crippen LogP contribution in [0.4, 0.5) is 8.78 Å². The van der Waals surface area contributed by atoms with Crippen LogP contribution in [0, 0.1) is 11.6 Å². The Balaban J connectivity index is 0.000000539. The van der Waals surface area contributed by atoms with Gasteiger partial charge in [0, 0.05) is 0 Å². The summed E-state index contributed by atoms with van der Waals surface area (Å²) in [5, 5.41) is 42.3. The standard InChI is InChI=1S/C12H15F2NO.C4H6O6.H2O/c1-12(2)5-10(16)11(15)6-3-8(13)9(14)4-7(6)12;5-1(3(7)8)2(6)4(9)10;/h3-4,10-11,16H,5,15H2,1-2H3;1-2,5-6H,(H,7,8)(H,9,10);1H2/t10-,11-;1-,2-;/m01./s1. The number of carboxylic acid groups (broad SMARTS) is 2. The van der Waals surface area contributed by atoms with Gasteiger partial charge in [-0.25, -0.2) is 18.4 Å². The van der Waals surface area contributed by atoms with Crippen LogP contribution in [0.15, 0.2) is 12.1 Å². The van der Waals surface area contributed by atoms with Crippen LogP contribution in [0.25, 0.3) is 0 Å². The summed E-state index contributed by atoms with van der Waals surface area (Å²) in [7, 11) is 0. The molecule has 0 fully saturated rings. The van der Waals surface area contributed by atoms with Crippen LogP contribution in [-0.2, 0) is 15.0 Å². The van der Waals surface area contributed by atoms with Crippen molar-refractivity contribution in [2.45, 2.75) is 50.0 Å². The number of carbonyl (C=O) groups is 2. The van der Waals surface area contributed by atoms with Gasteiger partial charge in [0.2, 0.25) is 0 Å². The first-order chi connectivity index (χ1) is 11.8. The van der Waals surface area contributed by atoms with Crippen molar-refractivity contribution in [3.8, 4) is 0 Å². The van der Waals surface area contributed by atoms with E-state index >= 15 is 0 Å². The fraction of sp³-hybridized carbons (Fsp3) is 0.500. The molecule has 9 N–H and O–H groups in total. The zero-order chi connectivity index (χ0) is 20.4. The van der Waals surface area contributed by atoms with Gasteiger partial charge in [-0.15, -0.1) is 0 Å². The predicted octanol–water partition coefficient (Wildman–Crippen LogP) is -0.940. The van der Waals surface area contributed by atoms with Gasteiger partial charge >= 0.3 is 11.9 Å². The maximum Gasteiger partial charge on any atom is 0.335 e. The van der Waals surface area contributed by atoms with E-state index < -0.39 is 47.9 Å². The number of aliphatic hydroxyl groups is 3. The summed E-state index contributed by atoms with van der Waals surface area (Å²) in [5.74, 6) is -5.32. The van der Waals surface area contributed by atoms with Crippen LogP contribution in [0.3, 0.4) is 0 Å². The minimum Gasteiger partial charge on any atom is -0.479 e. The summed E-state index contributed by atoms with van der Waals surface area (Å²) >= 11 is 0. The highest BCUT2D eigenvalue weighted by Gasteiger charge is 2.37. The molecule has 11 heteroatoms. The number of nitrogens with two attached hydrogens (primary N) is 1. The van der Waals surface area contributed by atoms with E-state index in [-0.39, 0.29) is 10.9 Å². The first-order valence-electron chi connectivity index (χ1n) is 7.54. The second kappa shape index (κ2) is 9.15. The van der Waals surface area contributed by atoms with Gasteiger partial charge in [-0.2, -0.15) is 0 Å². The largest absolute Gasteiger partial charge is 0.479 e. The van der Waals surface area contributed by atoms with Crippen molar-refractivity contribution in [3.05, 3.63) is 34.9 Å². The normalized spacial score (nSPS) is 22.2. The Morgan fingerprint density at radius 3 is 1.93 bits per heavy atom. The second-order valence-electron chi connectivity index (χ2n) is 6.60. The van der Waals surface area contributed by atoms with Crippen LogP contribution in [0.5, 0.6) is 0 Å². The molecule has 0 saturated carbocycles. The molecule has 9 nitrogen and oxygen atoms in total. The molecule has 1 aliphatic rings. The second-order valence-corrected chi connectivity index (χ2v) is 6.60. The molecule has 0 heterocycles. The molecule has 0 unspecified atom stereocenters. The smallest absolute Gasteiger partial charge is 0.335 e. The van der Waals surface area contributed by atoms with Crippen molar-refractivity contribution >= 4 is 11.9 Å². The number of aliphatic hydroxyl groups excluding tert-OH is 3. The SMILES string of the molecule is CC1(C)C[C@H](O)[C@@H](N)c2cc(F)c(F)cc21.O.O=C(O)[C@H](O)[C@@H](O)C(=O)O. The highest BCUT2D eigenvalue weighted by atomic mass is 19.2. The summed E-state index contributed by atoms with van der Waals surface area (Å²) < 4.78 is 26.3. The topological polar surface area (TPSA) is 193 Å². The van der Waals surface area contributed by atoms with Crippen LogP contribution in [0.1, 0.15) is 37.4 Å². The molecule has 154 valence electrons. The first kappa shape index (κ1) is 24.8. The summed E-state index contributed by atoms with van der Waals surface area (Å²) in [4.78, 5) is 19.5. The van der Waals surface area contributed by atoms with Crippen molar-refractivity contribution in [1.29, 1.82) is 0 Å². The van der Waals surface area contributed by atoms with Crippen molar-refractivity contribution in [1.82, 2.24) is 0 Å². The lowest BCUT2D eigenvalue weighted by molar-refractivity contribution is -0.165. The minimum absolute atomic E-state index is 0. The quantitative estimate of drug-likeness (QED) is 0.377. The van der Waals surface area contributed by atoms with Gasteiger partial charge in [-0.05, 0) is 35.1 Å². The monoisotopic (exact) mass is 395 g/mol. The Bertz CT molecular complexity index is 679. The third-order valence-electron chi connectivity index (χ3n) is 4.12. The van der Waals surface area contributed by atoms with E-state index in [1.807, 2.05) is 13.8 Å². The molecule has 0 radical (unpaired) electrons. The van der Waals surface area contributed by atoms with Gasteiger partial charge in [0.1, 0.15) is 0 Å². The Labute approximate surface area is 153 Å². The molecule has 0 aliphatic heterocycles. The number of hydrogen-bond acceptors (Lipinski definition) is 6. The van der Waals surface area contributed by atoms with Crippen LogP contribution in [-0.4, -0.2) is 61.3 Å². The average molecular weight is 395 g/mol. The number of carboxylic acids is 2. The molecule has 27 heavy (non-hydrogen) atoms. The molecule has 0 aromatic heterocycles. The van der Waals surface area contributed by atoms with Crippen molar-refractivity contribution < 1.29 is 49.4 Å². The highest BCUT2D eigenvalue weighted by molar-refractivity contribution is 5.83. The van der Waals surface area contributed by atoms with Crippen molar-refractivity contribution in [2.24, 2.45) is 5.73 Å². The maximum atomic E-state index is 13.2. The summed E-state index contributed by atoms with van der Waals surface area (Å²) in [6.45, 7) is 3.77. The van der Waals surface area contributed by atoms with Gasteiger partial charge in [0.25, 0.3) is 0 Å². The average Bonchev–Trinajstić information content (AvgIpc) is 2.53. The van der Waals surface area contributed by atoms with Crippen molar-refractivity contribution in [2.75, 3.05) is 0 Å². The lowest BCUT2D eigenvalue weighted by Crippen LogP contribution is -2.40. The molecule has 0 bridgehead atoms. The van der Waals surface area contributed by atoms with Crippen LogP contribution in [0.2, 0.25) is 0 Å². The molecule has 0 spiro atoms. The van der Waals surface area contributed by atoms with Gasteiger partial charge in [-0.3, -0.25) is 0 Å². The summed E-state index contributed by atoms with van der Waals surface area (Å²) in [5.41, 5.74) is 6.59. The van der Waals surface area contributed by atoms with Gasteiger partial charge in [0.15, 0.2) is 23.8 Å². The van der Waals surface area contributed by atoms with Gasteiger partial charge in [0.05, 0.1) is 12.1 Å². The molecule has 0 amide bonds. The van der Waals surface area contributed by atoms with E-state index in [9.17, 15) is 23.5 Å². The Morgan fingerprint density at radius 2 is 1.52 bits per heavy atom. The number of hydrogen-bond donors (Lipinski definition) is 6. The molecule has 0 saturated heterocycles. The van der Waals surface area contributed by atoms with Crippen molar-refractivity contribution in [3.63, 3.8) is 0 Å². The highest BCUT2D eigenvalue weighted by Crippen LogP contribution is 2.41. The predicted molar refractivity (Wildman–Crippen MR) is 87.8 cm³/mol. The molecule has 4 atom stereocenters. The fourth-order valence-electron chi connectivity index (χ4n) is 2.66. The van der Waals surface area contributed by atoms with Gasteiger partial charge in [-0.1, -0.05) is 13.8 Å². The van der Waals surface area contributed by atoms with E-state index in [4.69, 9.17) is 26.2 Å². The molecule has 2 rings (SSSR count). The van der Waals surface area contributed by atoms with Gasteiger partial charge < -0.3 is 36.7 Å².